The van der Waals surface area contributed by atoms with E-state index in [0.29, 0.717) is 25.7 Å². The largest absolute Gasteiger partial charge is 0.389 e. The molecule has 0 spiro atoms. The second-order valence-electron chi connectivity index (χ2n) is 5.86. The van der Waals surface area contributed by atoms with E-state index in [9.17, 15) is 5.11 Å². The quantitative estimate of drug-likeness (QED) is 0.815. The summed E-state index contributed by atoms with van der Waals surface area (Å²) in [6.45, 7) is 4.55. The molecular formula is C14H24N4O3. The molecule has 2 saturated heterocycles. The molecule has 21 heavy (non-hydrogen) atoms. The fourth-order valence-electron chi connectivity index (χ4n) is 3.31. The van der Waals surface area contributed by atoms with Crippen LogP contribution in [0.5, 0.6) is 0 Å². The molecule has 2 aliphatic rings. The van der Waals surface area contributed by atoms with Gasteiger partial charge in [-0.25, -0.2) is 0 Å². The zero-order valence-electron chi connectivity index (χ0n) is 12.5. The van der Waals surface area contributed by atoms with Gasteiger partial charge in [-0.3, -0.25) is 4.90 Å². The van der Waals surface area contributed by atoms with Gasteiger partial charge < -0.3 is 19.1 Å². The Bertz CT molecular complexity index is 445. The van der Waals surface area contributed by atoms with Crippen LogP contribution in [0.4, 0.5) is 0 Å². The van der Waals surface area contributed by atoms with E-state index in [1.54, 1.807) is 13.4 Å². The van der Waals surface area contributed by atoms with Crippen LogP contribution in [0.2, 0.25) is 0 Å². The van der Waals surface area contributed by atoms with Crippen LogP contribution in [-0.4, -0.2) is 76.9 Å². The molecule has 2 aliphatic heterocycles. The van der Waals surface area contributed by atoms with Crippen LogP contribution in [0.3, 0.4) is 0 Å². The van der Waals surface area contributed by atoms with Crippen molar-refractivity contribution in [1.29, 1.82) is 0 Å². The number of likely N-dealkylation sites (tertiary alicyclic amines) is 1. The first-order valence-corrected chi connectivity index (χ1v) is 7.66. The van der Waals surface area contributed by atoms with Crippen LogP contribution < -0.4 is 0 Å². The monoisotopic (exact) mass is 296 g/mol. The van der Waals surface area contributed by atoms with Crippen LogP contribution >= 0.6 is 0 Å². The molecule has 1 aromatic heterocycles. The standard InChI is InChI=1S/C14H24N4O3/c1-20-7-6-18-10-15-16-14(18)11-2-4-17(5-3-11)12-8-21-9-13(12)19/h10-13,19H,2-9H2,1H3. The summed E-state index contributed by atoms with van der Waals surface area (Å²) < 4.78 is 12.6. The summed E-state index contributed by atoms with van der Waals surface area (Å²) in [4.78, 5) is 2.35. The van der Waals surface area contributed by atoms with Crippen LogP contribution in [-0.2, 0) is 16.0 Å². The van der Waals surface area contributed by atoms with Gasteiger partial charge in [-0.15, -0.1) is 10.2 Å². The lowest BCUT2D eigenvalue weighted by atomic mass is 9.94. The average Bonchev–Trinajstić information content (AvgIpc) is 3.14. The van der Waals surface area contributed by atoms with Crippen LogP contribution in [0.15, 0.2) is 6.33 Å². The Kier molecular flexibility index (Phi) is 4.84. The number of aliphatic hydroxyl groups is 1. The molecule has 0 saturated carbocycles. The number of aromatic nitrogens is 3. The maximum atomic E-state index is 9.93. The fraction of sp³-hybridized carbons (Fsp3) is 0.857. The van der Waals surface area contributed by atoms with E-state index >= 15 is 0 Å². The third-order valence-corrected chi connectivity index (χ3v) is 4.57. The molecule has 3 heterocycles. The minimum Gasteiger partial charge on any atom is -0.389 e. The van der Waals surface area contributed by atoms with Crippen LogP contribution in [0, 0.1) is 0 Å². The number of rotatable bonds is 5. The van der Waals surface area contributed by atoms with Crippen LogP contribution in [0.1, 0.15) is 24.6 Å². The van der Waals surface area contributed by atoms with Gasteiger partial charge in [-0.1, -0.05) is 0 Å². The summed E-state index contributed by atoms with van der Waals surface area (Å²) in [6, 6.07) is 0.164. The van der Waals surface area contributed by atoms with Crippen molar-refractivity contribution in [3.63, 3.8) is 0 Å². The number of aliphatic hydroxyl groups excluding tert-OH is 1. The molecule has 0 amide bonds. The SMILES string of the molecule is COCCn1cnnc1C1CCN(C2COCC2O)CC1. The maximum absolute atomic E-state index is 9.93. The van der Waals surface area contributed by atoms with Gasteiger partial charge in [0.25, 0.3) is 0 Å². The second kappa shape index (κ2) is 6.83. The van der Waals surface area contributed by atoms with Crippen molar-refractivity contribution in [2.24, 2.45) is 0 Å². The summed E-state index contributed by atoms with van der Waals surface area (Å²) in [5.74, 6) is 1.51. The van der Waals surface area contributed by atoms with Crippen molar-refractivity contribution in [1.82, 2.24) is 19.7 Å². The lowest BCUT2D eigenvalue weighted by molar-refractivity contribution is 0.0652. The van der Waals surface area contributed by atoms with Gasteiger partial charge in [0.05, 0.1) is 32.0 Å². The van der Waals surface area contributed by atoms with Crippen molar-refractivity contribution in [2.75, 3.05) is 40.0 Å². The minimum atomic E-state index is -0.341. The first kappa shape index (κ1) is 14.9. The van der Waals surface area contributed by atoms with E-state index in [1.165, 1.54) is 0 Å². The zero-order chi connectivity index (χ0) is 14.7. The van der Waals surface area contributed by atoms with E-state index in [1.807, 2.05) is 0 Å². The lowest BCUT2D eigenvalue weighted by Crippen LogP contribution is -2.46. The third kappa shape index (κ3) is 3.26. The first-order valence-electron chi connectivity index (χ1n) is 7.66. The first-order chi connectivity index (χ1) is 10.3. The van der Waals surface area contributed by atoms with Crippen molar-refractivity contribution >= 4 is 0 Å². The molecule has 7 heteroatoms. The van der Waals surface area contributed by atoms with Gasteiger partial charge in [0.1, 0.15) is 12.2 Å². The van der Waals surface area contributed by atoms with Gasteiger partial charge >= 0.3 is 0 Å². The van der Waals surface area contributed by atoms with Crippen molar-refractivity contribution < 1.29 is 14.6 Å². The number of piperidine rings is 1. The van der Waals surface area contributed by atoms with Crippen molar-refractivity contribution in [3.05, 3.63) is 12.2 Å². The highest BCUT2D eigenvalue weighted by Crippen LogP contribution is 2.29. The van der Waals surface area contributed by atoms with Gasteiger partial charge in [-0.05, 0) is 25.9 Å². The number of nitrogens with zero attached hydrogens (tertiary/aromatic N) is 4. The Morgan fingerprint density at radius 2 is 2.19 bits per heavy atom. The fourth-order valence-corrected chi connectivity index (χ4v) is 3.31. The van der Waals surface area contributed by atoms with E-state index in [4.69, 9.17) is 9.47 Å². The Morgan fingerprint density at radius 3 is 2.86 bits per heavy atom. The highest BCUT2D eigenvalue weighted by atomic mass is 16.5. The summed E-state index contributed by atoms with van der Waals surface area (Å²) in [5.41, 5.74) is 0. The number of ether oxygens (including phenoxy) is 2. The highest BCUT2D eigenvalue weighted by molar-refractivity contribution is 5.00. The Hall–Kier alpha value is -1.02. The minimum absolute atomic E-state index is 0.164. The Labute approximate surface area is 124 Å². The molecule has 0 radical (unpaired) electrons. The van der Waals surface area contributed by atoms with Gasteiger partial charge in [0, 0.05) is 19.6 Å². The van der Waals surface area contributed by atoms with Gasteiger partial charge in [0.2, 0.25) is 0 Å². The summed E-state index contributed by atoms with van der Waals surface area (Å²) in [7, 11) is 1.71. The zero-order valence-corrected chi connectivity index (χ0v) is 12.5. The number of hydrogen-bond acceptors (Lipinski definition) is 6. The Morgan fingerprint density at radius 1 is 1.38 bits per heavy atom. The van der Waals surface area contributed by atoms with E-state index in [2.05, 4.69) is 19.7 Å². The molecule has 3 rings (SSSR count). The molecular weight excluding hydrogens is 272 g/mol. The maximum Gasteiger partial charge on any atom is 0.136 e. The van der Waals surface area contributed by atoms with E-state index in [0.717, 1.165) is 38.3 Å². The number of hydrogen-bond donors (Lipinski definition) is 1. The normalized spacial score (nSPS) is 28.3. The molecule has 1 aromatic rings. The summed E-state index contributed by atoms with van der Waals surface area (Å²) in [6.07, 6.45) is 3.55. The smallest absolute Gasteiger partial charge is 0.136 e. The van der Waals surface area contributed by atoms with Crippen LogP contribution in [0.25, 0.3) is 0 Å². The van der Waals surface area contributed by atoms with E-state index < -0.39 is 0 Å². The summed E-state index contributed by atoms with van der Waals surface area (Å²) in [5, 5.41) is 18.3. The highest BCUT2D eigenvalue weighted by Gasteiger charge is 2.34. The number of methoxy groups -OCH3 is 1. The van der Waals surface area contributed by atoms with Gasteiger partial charge in [-0.2, -0.15) is 0 Å². The van der Waals surface area contributed by atoms with Gasteiger partial charge in [0.15, 0.2) is 0 Å². The van der Waals surface area contributed by atoms with E-state index in [-0.39, 0.29) is 12.1 Å². The third-order valence-electron chi connectivity index (χ3n) is 4.57. The molecule has 0 bridgehead atoms. The lowest BCUT2D eigenvalue weighted by Gasteiger charge is -2.36. The van der Waals surface area contributed by atoms with Crippen molar-refractivity contribution in [2.45, 2.75) is 37.5 Å². The Balaban J connectivity index is 1.57. The molecule has 0 aromatic carbocycles. The molecule has 2 unspecified atom stereocenters. The molecule has 2 atom stereocenters. The average molecular weight is 296 g/mol. The summed E-state index contributed by atoms with van der Waals surface area (Å²) >= 11 is 0. The molecule has 118 valence electrons. The molecule has 2 fully saturated rings. The molecule has 1 N–H and O–H groups in total. The predicted octanol–water partition coefficient (Wildman–Crippen LogP) is -0.136. The molecule has 7 nitrogen and oxygen atoms in total. The van der Waals surface area contributed by atoms with Crippen molar-refractivity contribution in [3.8, 4) is 0 Å². The predicted molar refractivity (Wildman–Crippen MR) is 76.1 cm³/mol. The topological polar surface area (TPSA) is 72.6 Å². The molecule has 0 aliphatic carbocycles. The second-order valence-corrected chi connectivity index (χ2v) is 5.86.